The van der Waals surface area contributed by atoms with Crippen LogP contribution in [0.3, 0.4) is 0 Å². The van der Waals surface area contributed by atoms with Gasteiger partial charge in [0.2, 0.25) is 0 Å². The Bertz CT molecular complexity index is 946. The first kappa shape index (κ1) is 21.0. The van der Waals surface area contributed by atoms with Crippen LogP contribution in [0.5, 0.6) is 0 Å². The van der Waals surface area contributed by atoms with Gasteiger partial charge >= 0.3 is 5.97 Å². The van der Waals surface area contributed by atoms with Gasteiger partial charge in [0, 0.05) is 19.3 Å². The van der Waals surface area contributed by atoms with Gasteiger partial charge < -0.3 is 9.64 Å². The molecule has 0 aromatic heterocycles. The number of piperidine rings is 1. The summed E-state index contributed by atoms with van der Waals surface area (Å²) in [6.45, 7) is 1.02. The number of likely N-dealkylation sites (tertiary alicyclic amines) is 1. The standard InChI is InChI=1S/C22H25NO5S/c1-29(26,27)20-9-7-19(8-10-20)22(25)28-16-21(24)23-13-11-18(12-14-23)15-17-5-3-2-4-6-17/h2-10,18H,11-16H2,1H3. The maximum absolute atomic E-state index is 12.4. The van der Waals surface area contributed by atoms with Crippen molar-refractivity contribution in [1.82, 2.24) is 4.90 Å². The summed E-state index contributed by atoms with van der Waals surface area (Å²) < 4.78 is 28.0. The molecule has 3 rings (SSSR count). The number of carbonyl (C=O) groups excluding carboxylic acids is 2. The summed E-state index contributed by atoms with van der Waals surface area (Å²) in [7, 11) is -3.32. The number of benzene rings is 2. The molecule has 7 heteroatoms. The molecule has 1 heterocycles. The fourth-order valence-corrected chi connectivity index (χ4v) is 4.10. The minimum Gasteiger partial charge on any atom is -0.452 e. The molecule has 1 aliphatic rings. The highest BCUT2D eigenvalue weighted by atomic mass is 32.2. The number of carbonyl (C=O) groups is 2. The predicted octanol–water partition coefficient (Wildman–Crippen LogP) is 2.73. The quantitative estimate of drug-likeness (QED) is 0.678. The molecule has 1 aliphatic heterocycles. The summed E-state index contributed by atoms with van der Waals surface area (Å²) in [4.78, 5) is 26.3. The molecule has 0 aliphatic carbocycles. The van der Waals surface area contributed by atoms with Crippen molar-refractivity contribution in [1.29, 1.82) is 0 Å². The second-order valence-electron chi connectivity index (χ2n) is 7.39. The van der Waals surface area contributed by atoms with Crippen molar-refractivity contribution < 1.29 is 22.7 Å². The zero-order valence-electron chi connectivity index (χ0n) is 16.4. The summed E-state index contributed by atoms with van der Waals surface area (Å²) in [5.74, 6) is -0.293. The molecule has 0 spiro atoms. The molecule has 29 heavy (non-hydrogen) atoms. The lowest BCUT2D eigenvalue weighted by atomic mass is 9.90. The van der Waals surface area contributed by atoms with Gasteiger partial charge in [0.05, 0.1) is 10.5 Å². The van der Waals surface area contributed by atoms with Gasteiger partial charge in [-0.1, -0.05) is 30.3 Å². The first-order valence-corrected chi connectivity index (χ1v) is 11.5. The Morgan fingerprint density at radius 3 is 2.21 bits per heavy atom. The lowest BCUT2D eigenvalue weighted by molar-refractivity contribution is -0.135. The Morgan fingerprint density at radius 1 is 1.00 bits per heavy atom. The lowest BCUT2D eigenvalue weighted by Gasteiger charge is -2.32. The summed E-state index contributed by atoms with van der Waals surface area (Å²) in [6, 6.07) is 15.8. The number of ether oxygens (including phenoxy) is 1. The van der Waals surface area contributed by atoms with Crippen molar-refractivity contribution in [3.63, 3.8) is 0 Å². The van der Waals surface area contributed by atoms with Crippen molar-refractivity contribution >= 4 is 21.7 Å². The van der Waals surface area contributed by atoms with E-state index in [2.05, 4.69) is 12.1 Å². The largest absolute Gasteiger partial charge is 0.452 e. The first-order valence-electron chi connectivity index (χ1n) is 9.62. The molecule has 1 amide bonds. The maximum Gasteiger partial charge on any atom is 0.338 e. The molecule has 2 aromatic rings. The van der Waals surface area contributed by atoms with Crippen molar-refractivity contribution in [2.24, 2.45) is 5.92 Å². The van der Waals surface area contributed by atoms with Crippen LogP contribution >= 0.6 is 0 Å². The van der Waals surface area contributed by atoms with Crippen LogP contribution in [0.25, 0.3) is 0 Å². The monoisotopic (exact) mass is 415 g/mol. The van der Waals surface area contributed by atoms with E-state index in [0.717, 1.165) is 25.5 Å². The summed E-state index contributed by atoms with van der Waals surface area (Å²) >= 11 is 0. The molecular formula is C22H25NO5S. The van der Waals surface area contributed by atoms with Crippen molar-refractivity contribution in [3.05, 3.63) is 65.7 Å². The second-order valence-corrected chi connectivity index (χ2v) is 9.40. The van der Waals surface area contributed by atoms with Gasteiger partial charge in [-0.25, -0.2) is 13.2 Å². The van der Waals surface area contributed by atoms with E-state index in [4.69, 9.17) is 4.74 Å². The van der Waals surface area contributed by atoms with Gasteiger partial charge in [-0.05, 0) is 55.0 Å². The van der Waals surface area contributed by atoms with Crippen LogP contribution < -0.4 is 0 Å². The van der Waals surface area contributed by atoms with Crippen LogP contribution in [0.2, 0.25) is 0 Å². The van der Waals surface area contributed by atoms with Crippen LogP contribution in [0.1, 0.15) is 28.8 Å². The summed E-state index contributed by atoms with van der Waals surface area (Å²) in [6.07, 6.45) is 3.98. The van der Waals surface area contributed by atoms with Crippen LogP contribution in [0, 0.1) is 5.92 Å². The number of hydrogen-bond acceptors (Lipinski definition) is 5. The van der Waals surface area contributed by atoms with E-state index < -0.39 is 15.8 Å². The highest BCUT2D eigenvalue weighted by Gasteiger charge is 2.24. The SMILES string of the molecule is CS(=O)(=O)c1ccc(C(=O)OCC(=O)N2CCC(Cc3ccccc3)CC2)cc1. The Balaban J connectivity index is 1.44. The van der Waals surface area contributed by atoms with E-state index in [1.807, 2.05) is 18.2 Å². The third-order valence-corrected chi connectivity index (χ3v) is 6.31. The van der Waals surface area contributed by atoms with Gasteiger partial charge in [-0.2, -0.15) is 0 Å². The number of nitrogens with zero attached hydrogens (tertiary/aromatic N) is 1. The van der Waals surface area contributed by atoms with Crippen LogP contribution in [0.4, 0.5) is 0 Å². The third-order valence-electron chi connectivity index (χ3n) is 5.18. The summed E-state index contributed by atoms with van der Waals surface area (Å²) in [5, 5.41) is 0. The summed E-state index contributed by atoms with van der Waals surface area (Å²) in [5.41, 5.74) is 1.53. The van der Waals surface area contributed by atoms with Gasteiger partial charge in [0.25, 0.3) is 5.91 Å². The first-order chi connectivity index (χ1) is 13.8. The molecule has 0 saturated carbocycles. The zero-order chi connectivity index (χ0) is 20.9. The molecule has 0 unspecified atom stereocenters. The molecule has 0 radical (unpaired) electrons. The minimum absolute atomic E-state index is 0.128. The smallest absolute Gasteiger partial charge is 0.338 e. The number of amides is 1. The zero-order valence-corrected chi connectivity index (χ0v) is 17.2. The lowest BCUT2D eigenvalue weighted by Crippen LogP contribution is -2.41. The fourth-order valence-electron chi connectivity index (χ4n) is 3.47. The minimum atomic E-state index is -3.32. The van der Waals surface area contributed by atoms with E-state index >= 15 is 0 Å². The van der Waals surface area contributed by atoms with Crippen molar-refractivity contribution in [3.8, 4) is 0 Å². The average molecular weight is 416 g/mol. The second kappa shape index (κ2) is 9.22. The molecule has 2 aromatic carbocycles. The Morgan fingerprint density at radius 2 is 1.62 bits per heavy atom. The Labute approximate surface area is 171 Å². The van der Waals surface area contributed by atoms with E-state index in [1.165, 1.54) is 29.8 Å². The fraction of sp³-hybridized carbons (Fsp3) is 0.364. The Hall–Kier alpha value is -2.67. The topological polar surface area (TPSA) is 80.7 Å². The number of rotatable bonds is 6. The molecule has 1 saturated heterocycles. The van der Waals surface area contributed by atoms with Crippen LogP contribution in [-0.4, -0.2) is 51.1 Å². The van der Waals surface area contributed by atoms with Crippen LogP contribution in [-0.2, 0) is 25.8 Å². The number of hydrogen-bond donors (Lipinski definition) is 0. The molecule has 6 nitrogen and oxygen atoms in total. The van der Waals surface area contributed by atoms with Crippen molar-refractivity contribution in [2.75, 3.05) is 26.0 Å². The number of sulfone groups is 1. The van der Waals surface area contributed by atoms with E-state index in [-0.39, 0.29) is 23.0 Å². The maximum atomic E-state index is 12.4. The molecule has 0 atom stereocenters. The van der Waals surface area contributed by atoms with E-state index in [0.29, 0.717) is 19.0 Å². The molecule has 0 N–H and O–H groups in total. The normalized spacial score (nSPS) is 15.1. The molecule has 154 valence electrons. The highest BCUT2D eigenvalue weighted by Crippen LogP contribution is 2.21. The molecule has 1 fully saturated rings. The molecular weight excluding hydrogens is 390 g/mol. The van der Waals surface area contributed by atoms with Crippen molar-refractivity contribution in [2.45, 2.75) is 24.2 Å². The predicted molar refractivity (Wildman–Crippen MR) is 109 cm³/mol. The Kier molecular flexibility index (Phi) is 6.69. The van der Waals surface area contributed by atoms with Gasteiger partial charge in [0.1, 0.15) is 0 Å². The van der Waals surface area contributed by atoms with Crippen LogP contribution in [0.15, 0.2) is 59.5 Å². The van der Waals surface area contributed by atoms with Gasteiger partial charge in [0.15, 0.2) is 16.4 Å². The van der Waals surface area contributed by atoms with Gasteiger partial charge in [-0.3, -0.25) is 4.79 Å². The average Bonchev–Trinajstić information content (AvgIpc) is 2.72. The van der Waals surface area contributed by atoms with Gasteiger partial charge in [-0.15, -0.1) is 0 Å². The number of esters is 1. The highest BCUT2D eigenvalue weighted by molar-refractivity contribution is 7.90. The van der Waals surface area contributed by atoms with E-state index in [1.54, 1.807) is 4.90 Å². The van der Waals surface area contributed by atoms with E-state index in [9.17, 15) is 18.0 Å². The molecule has 0 bridgehead atoms. The third kappa shape index (κ3) is 5.90.